The van der Waals surface area contributed by atoms with E-state index in [-0.39, 0.29) is 24.7 Å². The molecular weight excluding hydrogens is 356 g/mol. The third-order valence-corrected chi connectivity index (χ3v) is 5.58. The van der Waals surface area contributed by atoms with E-state index < -0.39 is 5.60 Å². The fraction of sp³-hybridized carbons (Fsp3) is 0.636. The zero-order valence-corrected chi connectivity index (χ0v) is 16.8. The standard InChI is InChI=1S/C22H30N2O4/c1-22(2)21(27-14-7-5-4-6-13-25)20(24-12-8-9-19(24)26)17-15-16(23-3)10-11-18(17)28-22/h10-11,15,20-21,25H,4-9,12-14H2,1-2H3/t20-,21+/m1/s1. The van der Waals surface area contributed by atoms with Crippen molar-refractivity contribution in [1.82, 2.24) is 4.90 Å². The highest BCUT2D eigenvalue weighted by Gasteiger charge is 2.49. The van der Waals surface area contributed by atoms with E-state index >= 15 is 0 Å². The average Bonchev–Trinajstić information content (AvgIpc) is 3.09. The minimum Gasteiger partial charge on any atom is -0.485 e. The van der Waals surface area contributed by atoms with Crippen molar-refractivity contribution in [3.8, 4) is 5.75 Å². The Balaban J connectivity index is 1.86. The molecular formula is C22H30N2O4. The first-order valence-electron chi connectivity index (χ1n) is 10.2. The number of benzene rings is 1. The molecule has 0 bridgehead atoms. The minimum absolute atomic E-state index is 0.137. The van der Waals surface area contributed by atoms with Crippen molar-refractivity contribution in [3.63, 3.8) is 0 Å². The predicted molar refractivity (Wildman–Crippen MR) is 106 cm³/mol. The van der Waals surface area contributed by atoms with Crippen LogP contribution in [0.5, 0.6) is 5.75 Å². The molecule has 0 saturated carbocycles. The van der Waals surface area contributed by atoms with Gasteiger partial charge in [-0.05, 0) is 45.2 Å². The molecule has 2 aliphatic rings. The van der Waals surface area contributed by atoms with Crippen LogP contribution in [0.2, 0.25) is 0 Å². The molecule has 1 aromatic carbocycles. The van der Waals surface area contributed by atoms with Crippen molar-refractivity contribution in [2.45, 2.75) is 70.1 Å². The fourth-order valence-corrected chi connectivity index (χ4v) is 4.18. The summed E-state index contributed by atoms with van der Waals surface area (Å²) >= 11 is 0. The molecule has 6 heteroatoms. The maximum Gasteiger partial charge on any atom is 0.223 e. The van der Waals surface area contributed by atoms with Crippen LogP contribution in [0.4, 0.5) is 5.69 Å². The first kappa shape index (κ1) is 20.6. The highest BCUT2D eigenvalue weighted by molar-refractivity contribution is 5.79. The summed E-state index contributed by atoms with van der Waals surface area (Å²) < 4.78 is 12.6. The maximum atomic E-state index is 12.6. The van der Waals surface area contributed by atoms with Crippen LogP contribution in [0.3, 0.4) is 0 Å². The first-order chi connectivity index (χ1) is 13.5. The largest absolute Gasteiger partial charge is 0.485 e. The van der Waals surface area contributed by atoms with Crippen molar-refractivity contribution in [1.29, 1.82) is 0 Å². The smallest absolute Gasteiger partial charge is 0.223 e. The van der Waals surface area contributed by atoms with Gasteiger partial charge < -0.3 is 19.5 Å². The van der Waals surface area contributed by atoms with E-state index in [0.717, 1.165) is 43.4 Å². The summed E-state index contributed by atoms with van der Waals surface area (Å²) in [7, 11) is 0. The number of hydrogen-bond acceptors (Lipinski definition) is 4. The van der Waals surface area contributed by atoms with Gasteiger partial charge in [0.15, 0.2) is 5.69 Å². The number of likely N-dealkylation sites (tertiary alicyclic amines) is 1. The van der Waals surface area contributed by atoms with Crippen LogP contribution in [0, 0.1) is 6.57 Å². The van der Waals surface area contributed by atoms with Gasteiger partial charge in [0.25, 0.3) is 0 Å². The number of ether oxygens (including phenoxy) is 2. The summed E-state index contributed by atoms with van der Waals surface area (Å²) in [5, 5.41) is 8.91. The zero-order chi connectivity index (χ0) is 20.1. The van der Waals surface area contributed by atoms with Gasteiger partial charge in [-0.1, -0.05) is 18.9 Å². The Hall–Kier alpha value is -2.10. The highest BCUT2D eigenvalue weighted by atomic mass is 16.6. The third kappa shape index (κ3) is 4.31. The number of fused-ring (bicyclic) bond motifs is 1. The second kappa shape index (κ2) is 8.93. The van der Waals surface area contributed by atoms with Crippen molar-refractivity contribution >= 4 is 11.6 Å². The molecule has 2 aliphatic heterocycles. The summed E-state index contributed by atoms with van der Waals surface area (Å²) in [5.41, 5.74) is 0.820. The van der Waals surface area contributed by atoms with Crippen molar-refractivity contribution in [3.05, 3.63) is 35.2 Å². The Bertz CT molecular complexity index is 741. The molecule has 1 aromatic rings. The number of unbranched alkanes of at least 4 members (excludes halogenated alkanes) is 3. The van der Waals surface area contributed by atoms with Gasteiger partial charge in [0.2, 0.25) is 5.91 Å². The molecule has 1 fully saturated rings. The molecule has 28 heavy (non-hydrogen) atoms. The van der Waals surface area contributed by atoms with Crippen LogP contribution in [0.1, 0.15) is 64.0 Å². The average molecular weight is 386 g/mol. The summed E-state index contributed by atoms with van der Waals surface area (Å²) in [6.45, 7) is 12.9. The lowest BCUT2D eigenvalue weighted by atomic mass is 9.85. The van der Waals surface area contributed by atoms with Crippen LogP contribution in [0.15, 0.2) is 18.2 Å². The summed E-state index contributed by atoms with van der Waals surface area (Å²) in [4.78, 5) is 18.1. The Morgan fingerprint density at radius 2 is 2.11 bits per heavy atom. The lowest BCUT2D eigenvalue weighted by Crippen LogP contribution is -2.55. The third-order valence-electron chi connectivity index (χ3n) is 5.58. The number of amides is 1. The molecule has 0 unspecified atom stereocenters. The quantitative estimate of drug-likeness (QED) is 0.542. The molecule has 152 valence electrons. The van der Waals surface area contributed by atoms with Gasteiger partial charge in [-0.3, -0.25) is 4.79 Å². The molecule has 6 nitrogen and oxygen atoms in total. The molecule has 0 spiro atoms. The van der Waals surface area contributed by atoms with Gasteiger partial charge in [0, 0.05) is 31.7 Å². The van der Waals surface area contributed by atoms with Crippen LogP contribution in [0.25, 0.3) is 4.85 Å². The fourth-order valence-electron chi connectivity index (χ4n) is 4.18. The molecule has 2 heterocycles. The number of rotatable bonds is 8. The topological polar surface area (TPSA) is 63.4 Å². The monoisotopic (exact) mass is 386 g/mol. The molecule has 2 atom stereocenters. The predicted octanol–water partition coefficient (Wildman–Crippen LogP) is 4.01. The van der Waals surface area contributed by atoms with Gasteiger partial charge in [0.05, 0.1) is 12.6 Å². The molecule has 0 aliphatic carbocycles. The lowest BCUT2D eigenvalue weighted by Gasteiger charge is -2.47. The van der Waals surface area contributed by atoms with Gasteiger partial charge in [-0.25, -0.2) is 4.85 Å². The Morgan fingerprint density at radius 1 is 1.32 bits per heavy atom. The minimum atomic E-state index is -0.592. The summed E-state index contributed by atoms with van der Waals surface area (Å²) in [6.07, 6.45) is 4.81. The molecule has 1 N–H and O–H groups in total. The maximum absolute atomic E-state index is 12.6. The number of aliphatic hydroxyl groups excluding tert-OH is 1. The van der Waals surface area contributed by atoms with E-state index in [9.17, 15) is 4.79 Å². The Kier molecular flexibility index (Phi) is 6.58. The van der Waals surface area contributed by atoms with E-state index in [4.69, 9.17) is 21.2 Å². The van der Waals surface area contributed by atoms with E-state index in [2.05, 4.69) is 4.85 Å². The Morgan fingerprint density at radius 3 is 2.79 bits per heavy atom. The molecule has 1 saturated heterocycles. The van der Waals surface area contributed by atoms with Gasteiger partial charge >= 0.3 is 0 Å². The number of nitrogens with zero attached hydrogens (tertiary/aromatic N) is 2. The van der Waals surface area contributed by atoms with Crippen molar-refractivity contribution < 1.29 is 19.4 Å². The van der Waals surface area contributed by atoms with Crippen molar-refractivity contribution in [2.24, 2.45) is 0 Å². The van der Waals surface area contributed by atoms with Gasteiger partial charge in [0.1, 0.15) is 17.5 Å². The normalized spacial score (nSPS) is 23.2. The number of carbonyl (C=O) groups excluding carboxylic acids is 1. The second-order valence-electron chi connectivity index (χ2n) is 8.10. The van der Waals surface area contributed by atoms with E-state index in [1.807, 2.05) is 30.9 Å². The van der Waals surface area contributed by atoms with Gasteiger partial charge in [-0.15, -0.1) is 0 Å². The summed E-state index contributed by atoms with van der Waals surface area (Å²) in [6, 6.07) is 5.19. The summed E-state index contributed by atoms with van der Waals surface area (Å²) in [5.74, 6) is 0.864. The zero-order valence-electron chi connectivity index (χ0n) is 16.8. The van der Waals surface area contributed by atoms with Crippen molar-refractivity contribution in [2.75, 3.05) is 19.8 Å². The van der Waals surface area contributed by atoms with Crippen LogP contribution in [-0.2, 0) is 9.53 Å². The van der Waals surface area contributed by atoms with E-state index in [1.165, 1.54) is 0 Å². The highest BCUT2D eigenvalue weighted by Crippen LogP contribution is 2.46. The van der Waals surface area contributed by atoms with E-state index in [0.29, 0.717) is 25.3 Å². The second-order valence-corrected chi connectivity index (χ2v) is 8.10. The number of aliphatic hydroxyl groups is 1. The van der Waals surface area contributed by atoms with Crippen LogP contribution in [-0.4, -0.2) is 47.4 Å². The van der Waals surface area contributed by atoms with Crippen LogP contribution < -0.4 is 4.74 Å². The number of hydrogen-bond donors (Lipinski definition) is 1. The molecule has 3 rings (SSSR count). The molecule has 0 aromatic heterocycles. The lowest BCUT2D eigenvalue weighted by molar-refractivity contribution is -0.148. The molecule has 1 amide bonds. The van der Waals surface area contributed by atoms with E-state index in [1.54, 1.807) is 6.07 Å². The Labute approximate surface area is 167 Å². The number of carbonyl (C=O) groups is 1. The van der Waals surface area contributed by atoms with Crippen LogP contribution >= 0.6 is 0 Å². The SMILES string of the molecule is [C-]#[N+]c1ccc2c(c1)[C@@H](N1CCCC1=O)[C@H](OCCCCCCO)C(C)(C)O2. The van der Waals surface area contributed by atoms with Gasteiger partial charge in [-0.2, -0.15) is 0 Å². The molecule has 0 radical (unpaired) electrons. The first-order valence-corrected chi connectivity index (χ1v) is 10.2.